The normalized spacial score (nSPS) is 15.2. The molecule has 3 aromatic carbocycles. The summed E-state index contributed by atoms with van der Waals surface area (Å²) in [6.45, 7) is 4.67. The fourth-order valence-electron chi connectivity index (χ4n) is 4.06. The summed E-state index contributed by atoms with van der Waals surface area (Å²) in [5.41, 5.74) is 5.42. The number of anilines is 1. The van der Waals surface area contributed by atoms with E-state index in [1.54, 1.807) is 31.2 Å². The molecular weight excluding hydrogens is 388 g/mol. The third-order valence-corrected chi connectivity index (χ3v) is 5.60. The van der Waals surface area contributed by atoms with Gasteiger partial charge in [-0.05, 0) is 49.1 Å². The number of carbonyl (C=O) groups is 2. The first-order valence-electron chi connectivity index (χ1n) is 10.6. The Morgan fingerprint density at radius 2 is 1.71 bits per heavy atom. The summed E-state index contributed by atoms with van der Waals surface area (Å²) in [4.78, 5) is 27.6. The molecule has 31 heavy (non-hydrogen) atoms. The van der Waals surface area contributed by atoms with Crippen molar-refractivity contribution in [2.75, 3.05) is 18.5 Å². The number of rotatable bonds is 4. The molecule has 0 fully saturated rings. The van der Waals surface area contributed by atoms with Gasteiger partial charge in [0.1, 0.15) is 0 Å². The summed E-state index contributed by atoms with van der Waals surface area (Å²) in [5.74, 6) is -0.447. The molecule has 0 bridgehead atoms. The monoisotopic (exact) mass is 414 g/mol. The van der Waals surface area contributed by atoms with Crippen LogP contribution in [-0.4, -0.2) is 30.1 Å². The van der Waals surface area contributed by atoms with Crippen LogP contribution in [0.25, 0.3) is 0 Å². The van der Waals surface area contributed by atoms with E-state index >= 15 is 0 Å². The lowest BCUT2D eigenvalue weighted by atomic mass is 9.88. The Morgan fingerprint density at radius 1 is 1.00 bits per heavy atom. The summed E-state index contributed by atoms with van der Waals surface area (Å²) in [6.07, 6.45) is 0.783. The van der Waals surface area contributed by atoms with Crippen LogP contribution in [0.1, 0.15) is 45.6 Å². The van der Waals surface area contributed by atoms with E-state index in [-0.39, 0.29) is 18.7 Å². The minimum atomic E-state index is -0.447. The van der Waals surface area contributed by atoms with Crippen LogP contribution in [0.2, 0.25) is 0 Å². The van der Waals surface area contributed by atoms with Gasteiger partial charge in [-0.15, -0.1) is 0 Å². The van der Waals surface area contributed by atoms with Crippen molar-refractivity contribution in [3.8, 4) is 0 Å². The second-order valence-electron chi connectivity index (χ2n) is 7.65. The molecule has 0 saturated carbocycles. The Kier molecular flexibility index (Phi) is 6.03. The van der Waals surface area contributed by atoms with Crippen molar-refractivity contribution in [1.82, 2.24) is 4.90 Å². The fraction of sp³-hybridized carbons (Fsp3) is 0.231. The molecule has 2 amide bonds. The Labute approximate surface area is 182 Å². The number of ether oxygens (including phenoxy) is 1. The van der Waals surface area contributed by atoms with Gasteiger partial charge in [0, 0.05) is 6.54 Å². The summed E-state index contributed by atoms with van der Waals surface area (Å²) >= 11 is 0. The van der Waals surface area contributed by atoms with Gasteiger partial charge in [-0.2, -0.15) is 0 Å². The van der Waals surface area contributed by atoms with Crippen LogP contribution in [0.5, 0.6) is 0 Å². The Bertz CT molecular complexity index is 1090. The van der Waals surface area contributed by atoms with E-state index in [0.717, 1.165) is 17.5 Å². The Morgan fingerprint density at radius 3 is 2.48 bits per heavy atom. The highest BCUT2D eigenvalue weighted by Gasteiger charge is 2.32. The minimum absolute atomic E-state index is 0.194. The largest absolute Gasteiger partial charge is 0.462 e. The van der Waals surface area contributed by atoms with E-state index < -0.39 is 5.97 Å². The van der Waals surface area contributed by atoms with Gasteiger partial charge in [-0.25, -0.2) is 9.59 Å². The molecule has 0 saturated heterocycles. The number of urea groups is 1. The van der Waals surface area contributed by atoms with Crippen molar-refractivity contribution >= 4 is 17.7 Å². The predicted molar refractivity (Wildman–Crippen MR) is 121 cm³/mol. The molecule has 1 N–H and O–H groups in total. The van der Waals surface area contributed by atoms with Gasteiger partial charge < -0.3 is 15.0 Å². The van der Waals surface area contributed by atoms with Crippen molar-refractivity contribution in [2.24, 2.45) is 0 Å². The highest BCUT2D eigenvalue weighted by atomic mass is 16.5. The number of fused-ring (bicyclic) bond motifs is 1. The highest BCUT2D eigenvalue weighted by molar-refractivity contribution is 6.01. The number of hydrogen-bond donors (Lipinski definition) is 1. The van der Waals surface area contributed by atoms with Gasteiger partial charge in [-0.3, -0.25) is 0 Å². The topological polar surface area (TPSA) is 58.6 Å². The average Bonchev–Trinajstić information content (AvgIpc) is 2.79. The Hall–Kier alpha value is -3.60. The molecule has 3 aromatic rings. The average molecular weight is 415 g/mol. The second kappa shape index (κ2) is 9.04. The number of esters is 1. The fourth-order valence-corrected chi connectivity index (χ4v) is 4.06. The van der Waals surface area contributed by atoms with Crippen LogP contribution < -0.4 is 5.32 Å². The summed E-state index contributed by atoms with van der Waals surface area (Å²) in [6, 6.07) is 23.1. The zero-order valence-corrected chi connectivity index (χ0v) is 17.8. The van der Waals surface area contributed by atoms with Crippen LogP contribution in [0, 0.1) is 6.92 Å². The molecule has 0 aliphatic carbocycles. The van der Waals surface area contributed by atoms with E-state index in [2.05, 4.69) is 48.6 Å². The van der Waals surface area contributed by atoms with Gasteiger partial charge in [0.05, 0.1) is 23.9 Å². The molecule has 158 valence electrons. The Balaban J connectivity index is 1.67. The predicted octanol–water partition coefficient (Wildman–Crippen LogP) is 5.35. The smallest absolute Gasteiger partial charge is 0.340 e. The molecule has 1 aliphatic rings. The number of aryl methyl sites for hydroxylation is 1. The number of nitrogens with zero attached hydrogens (tertiary/aromatic N) is 1. The van der Waals surface area contributed by atoms with Crippen molar-refractivity contribution in [3.05, 3.63) is 101 Å². The molecule has 0 unspecified atom stereocenters. The maximum atomic E-state index is 13.4. The van der Waals surface area contributed by atoms with E-state index in [9.17, 15) is 9.59 Å². The van der Waals surface area contributed by atoms with Crippen molar-refractivity contribution in [1.29, 1.82) is 0 Å². The highest BCUT2D eigenvalue weighted by Crippen LogP contribution is 2.35. The van der Waals surface area contributed by atoms with Crippen molar-refractivity contribution in [3.63, 3.8) is 0 Å². The first-order valence-corrected chi connectivity index (χ1v) is 10.6. The lowest BCUT2D eigenvalue weighted by Gasteiger charge is -2.37. The molecule has 4 rings (SSSR count). The van der Waals surface area contributed by atoms with Crippen LogP contribution in [0.15, 0.2) is 72.8 Å². The van der Waals surface area contributed by atoms with Crippen LogP contribution in [-0.2, 0) is 11.2 Å². The molecule has 1 heterocycles. The first kappa shape index (κ1) is 20.7. The van der Waals surface area contributed by atoms with Gasteiger partial charge in [0.15, 0.2) is 0 Å². The van der Waals surface area contributed by atoms with E-state index in [1.807, 2.05) is 17.0 Å². The maximum absolute atomic E-state index is 13.4. The molecular formula is C26H26N2O3. The zero-order chi connectivity index (χ0) is 21.8. The lowest BCUT2D eigenvalue weighted by molar-refractivity contribution is 0.0527. The lowest BCUT2D eigenvalue weighted by Crippen LogP contribution is -2.43. The van der Waals surface area contributed by atoms with Gasteiger partial charge in [0.25, 0.3) is 0 Å². The number of benzene rings is 3. The third-order valence-electron chi connectivity index (χ3n) is 5.60. The molecule has 5 nitrogen and oxygen atoms in total. The van der Waals surface area contributed by atoms with Gasteiger partial charge in [-0.1, -0.05) is 66.2 Å². The van der Waals surface area contributed by atoms with Gasteiger partial charge in [0.2, 0.25) is 0 Å². The standard InChI is InChI=1S/C26H26N2O3/c1-3-31-25(29)22-10-6-7-11-23(22)27-26(30)28-17-16-19-8-4-5-9-21(19)24(28)20-14-12-18(2)13-15-20/h4-15,24H,3,16-17H2,1-2H3,(H,27,30)/t24-/m0/s1. The van der Waals surface area contributed by atoms with Crippen molar-refractivity contribution < 1.29 is 14.3 Å². The van der Waals surface area contributed by atoms with Gasteiger partial charge >= 0.3 is 12.0 Å². The van der Waals surface area contributed by atoms with E-state index in [4.69, 9.17) is 4.74 Å². The van der Waals surface area contributed by atoms with Crippen molar-refractivity contribution in [2.45, 2.75) is 26.3 Å². The van der Waals surface area contributed by atoms with Crippen LogP contribution >= 0.6 is 0 Å². The molecule has 0 radical (unpaired) electrons. The maximum Gasteiger partial charge on any atom is 0.340 e. The second-order valence-corrected chi connectivity index (χ2v) is 7.65. The molecule has 5 heteroatoms. The minimum Gasteiger partial charge on any atom is -0.462 e. The molecule has 1 atom stereocenters. The summed E-state index contributed by atoms with van der Waals surface area (Å²) in [7, 11) is 0. The number of amides is 2. The molecule has 0 aromatic heterocycles. The SMILES string of the molecule is CCOC(=O)c1ccccc1NC(=O)N1CCc2ccccc2[C@@H]1c1ccc(C)cc1. The van der Waals surface area contributed by atoms with E-state index in [1.165, 1.54) is 11.1 Å². The van der Waals surface area contributed by atoms with Crippen LogP contribution in [0.4, 0.5) is 10.5 Å². The number of nitrogens with one attached hydrogen (secondary N) is 1. The molecule has 1 aliphatic heterocycles. The number of hydrogen-bond acceptors (Lipinski definition) is 3. The third kappa shape index (κ3) is 4.31. The summed E-state index contributed by atoms with van der Waals surface area (Å²) < 4.78 is 5.14. The number of carbonyl (C=O) groups excluding carboxylic acids is 2. The first-order chi connectivity index (χ1) is 15.1. The molecule has 0 spiro atoms. The zero-order valence-electron chi connectivity index (χ0n) is 17.8. The summed E-state index contributed by atoms with van der Waals surface area (Å²) in [5, 5.41) is 2.95. The van der Waals surface area contributed by atoms with E-state index in [0.29, 0.717) is 17.8 Å². The number of para-hydroxylation sites is 1. The van der Waals surface area contributed by atoms with Crippen LogP contribution in [0.3, 0.4) is 0 Å². The quantitative estimate of drug-likeness (QED) is 0.586.